The molecule has 2 N–H and O–H groups in total. The van der Waals surface area contributed by atoms with Gasteiger partial charge in [-0.1, -0.05) is 10.4 Å². The van der Waals surface area contributed by atoms with E-state index in [2.05, 4.69) is 15.5 Å². The highest BCUT2D eigenvalue weighted by Gasteiger charge is 2.20. The molecule has 0 amide bonds. The fourth-order valence-electron chi connectivity index (χ4n) is 1.49. The molecule has 0 aromatic carbocycles. The van der Waals surface area contributed by atoms with Crippen LogP contribution in [0.25, 0.3) is 0 Å². The van der Waals surface area contributed by atoms with Crippen LogP contribution < -0.4 is 5.73 Å². The van der Waals surface area contributed by atoms with Gasteiger partial charge in [0, 0.05) is 12.6 Å². The molecule has 0 bridgehead atoms. The van der Waals surface area contributed by atoms with Gasteiger partial charge < -0.3 is 15.0 Å². The molecule has 0 aliphatic heterocycles. The van der Waals surface area contributed by atoms with Gasteiger partial charge in [-0.05, 0) is 6.92 Å². The summed E-state index contributed by atoms with van der Waals surface area (Å²) in [4.78, 5) is 11.6. The predicted molar refractivity (Wildman–Crippen MR) is 59.5 cm³/mol. The Morgan fingerprint density at radius 2 is 2.44 bits per heavy atom. The minimum atomic E-state index is -0.526. The number of carbonyl (C=O) groups is 1. The van der Waals surface area contributed by atoms with Crippen molar-refractivity contribution in [1.82, 2.24) is 20.2 Å². The van der Waals surface area contributed by atoms with E-state index in [-0.39, 0.29) is 18.8 Å². The summed E-state index contributed by atoms with van der Waals surface area (Å²) in [5, 5.41) is 11.2. The molecular weight excluding hydrogens is 238 g/mol. The van der Waals surface area contributed by atoms with E-state index in [4.69, 9.17) is 15.0 Å². The molecule has 0 atom stereocenters. The van der Waals surface area contributed by atoms with E-state index in [0.29, 0.717) is 18.0 Å². The topological polar surface area (TPSA) is 109 Å². The lowest BCUT2D eigenvalue weighted by molar-refractivity contribution is 0.0518. The summed E-state index contributed by atoms with van der Waals surface area (Å²) in [7, 11) is 0. The lowest BCUT2D eigenvalue weighted by Gasteiger charge is -2.03. The predicted octanol–water partition coefficient (Wildman–Crippen LogP) is -0.0502. The molecule has 0 aliphatic carbocycles. The largest absolute Gasteiger partial charge is 0.461 e. The Morgan fingerprint density at radius 1 is 1.61 bits per heavy atom. The molecule has 8 nitrogen and oxygen atoms in total. The zero-order valence-electron chi connectivity index (χ0n) is 9.87. The highest BCUT2D eigenvalue weighted by Crippen LogP contribution is 2.09. The van der Waals surface area contributed by atoms with E-state index >= 15 is 0 Å². The van der Waals surface area contributed by atoms with Gasteiger partial charge in [-0.25, -0.2) is 9.48 Å². The molecule has 18 heavy (non-hydrogen) atoms. The first-order valence-corrected chi connectivity index (χ1v) is 5.45. The third kappa shape index (κ3) is 2.38. The molecular formula is C10H13N5O3. The Hall–Kier alpha value is -2.22. The van der Waals surface area contributed by atoms with Gasteiger partial charge in [0.05, 0.1) is 18.5 Å². The van der Waals surface area contributed by atoms with Crippen LogP contribution in [0.1, 0.15) is 28.9 Å². The molecule has 2 heterocycles. The van der Waals surface area contributed by atoms with E-state index in [1.807, 2.05) is 0 Å². The van der Waals surface area contributed by atoms with Crippen LogP contribution in [0.15, 0.2) is 16.8 Å². The summed E-state index contributed by atoms with van der Waals surface area (Å²) >= 11 is 0. The Bertz CT molecular complexity index is 520. The fraction of sp³-hybridized carbons (Fsp3) is 0.400. The van der Waals surface area contributed by atoms with Crippen molar-refractivity contribution in [3.05, 3.63) is 29.4 Å². The van der Waals surface area contributed by atoms with Gasteiger partial charge in [0.25, 0.3) is 0 Å². The van der Waals surface area contributed by atoms with Gasteiger partial charge >= 0.3 is 5.97 Å². The smallest absolute Gasteiger partial charge is 0.360 e. The maximum Gasteiger partial charge on any atom is 0.360 e. The van der Waals surface area contributed by atoms with Gasteiger partial charge in [0.2, 0.25) is 0 Å². The minimum Gasteiger partial charge on any atom is -0.461 e. The third-order valence-electron chi connectivity index (χ3n) is 2.30. The van der Waals surface area contributed by atoms with E-state index in [1.54, 1.807) is 13.0 Å². The third-order valence-corrected chi connectivity index (χ3v) is 2.30. The number of nitrogens with zero attached hydrogens (tertiary/aromatic N) is 4. The summed E-state index contributed by atoms with van der Waals surface area (Å²) in [6, 6.07) is 1.70. The minimum absolute atomic E-state index is 0.134. The summed E-state index contributed by atoms with van der Waals surface area (Å²) in [6.07, 6.45) is 1.53. The van der Waals surface area contributed by atoms with Crippen molar-refractivity contribution in [3.63, 3.8) is 0 Å². The molecule has 0 saturated heterocycles. The van der Waals surface area contributed by atoms with Gasteiger partial charge in [0.15, 0.2) is 11.5 Å². The lowest BCUT2D eigenvalue weighted by Crippen LogP contribution is -2.14. The van der Waals surface area contributed by atoms with E-state index in [0.717, 1.165) is 0 Å². The maximum atomic E-state index is 11.6. The Balaban J connectivity index is 2.24. The van der Waals surface area contributed by atoms with Gasteiger partial charge in [-0.3, -0.25) is 0 Å². The molecule has 0 radical (unpaired) electrons. The van der Waals surface area contributed by atoms with Crippen LogP contribution in [0.4, 0.5) is 0 Å². The van der Waals surface area contributed by atoms with E-state index in [9.17, 15) is 4.79 Å². The second kappa shape index (κ2) is 5.41. The fourth-order valence-corrected chi connectivity index (χ4v) is 1.49. The van der Waals surface area contributed by atoms with Crippen LogP contribution in [0.2, 0.25) is 0 Å². The maximum absolute atomic E-state index is 11.6. The molecule has 96 valence electrons. The molecule has 2 aromatic heterocycles. The molecule has 0 fully saturated rings. The first kappa shape index (κ1) is 12.2. The summed E-state index contributed by atoms with van der Waals surface area (Å²) in [6.45, 7) is 2.45. The molecule has 8 heteroatoms. The monoisotopic (exact) mass is 251 g/mol. The Labute approximate surface area is 103 Å². The standard InChI is InChI=1S/C10H13N5O3/c1-2-17-10(16)9-8(5-11)15(14-13-9)6-7-3-4-12-18-7/h3-4H,2,5-6,11H2,1H3. The Morgan fingerprint density at radius 3 is 3.06 bits per heavy atom. The number of aromatic nitrogens is 4. The summed E-state index contributed by atoms with van der Waals surface area (Å²) in [5.41, 5.74) is 6.25. The molecule has 0 saturated carbocycles. The van der Waals surface area contributed by atoms with Crippen molar-refractivity contribution in [1.29, 1.82) is 0 Å². The van der Waals surface area contributed by atoms with Crippen LogP contribution in [0, 0.1) is 0 Å². The number of carbonyl (C=O) groups excluding carboxylic acids is 1. The number of esters is 1. The van der Waals surface area contributed by atoms with Gasteiger partial charge in [0.1, 0.15) is 6.54 Å². The SMILES string of the molecule is CCOC(=O)c1nnn(Cc2ccno2)c1CN. The number of hydrogen-bond acceptors (Lipinski definition) is 7. The van der Waals surface area contributed by atoms with Crippen molar-refractivity contribution in [3.8, 4) is 0 Å². The molecule has 0 aliphatic rings. The zero-order valence-corrected chi connectivity index (χ0v) is 9.87. The van der Waals surface area contributed by atoms with E-state index in [1.165, 1.54) is 10.9 Å². The number of ether oxygens (including phenoxy) is 1. The van der Waals surface area contributed by atoms with Crippen molar-refractivity contribution in [2.24, 2.45) is 5.73 Å². The quantitative estimate of drug-likeness (QED) is 0.742. The second-order valence-electron chi connectivity index (χ2n) is 3.45. The summed E-state index contributed by atoms with van der Waals surface area (Å²) < 4.78 is 11.3. The highest BCUT2D eigenvalue weighted by atomic mass is 16.5. The number of rotatable bonds is 5. The van der Waals surface area contributed by atoms with Crippen molar-refractivity contribution in [2.45, 2.75) is 20.0 Å². The average molecular weight is 251 g/mol. The van der Waals surface area contributed by atoms with Crippen LogP contribution in [-0.2, 0) is 17.8 Å². The molecule has 0 unspecified atom stereocenters. The number of hydrogen-bond donors (Lipinski definition) is 1. The van der Waals surface area contributed by atoms with Crippen molar-refractivity contribution in [2.75, 3.05) is 6.61 Å². The van der Waals surface area contributed by atoms with Crippen LogP contribution in [-0.4, -0.2) is 32.7 Å². The van der Waals surface area contributed by atoms with Gasteiger partial charge in [-0.15, -0.1) is 5.10 Å². The first-order chi connectivity index (χ1) is 8.76. The van der Waals surface area contributed by atoms with Crippen LogP contribution in [0.3, 0.4) is 0 Å². The average Bonchev–Trinajstić information content (AvgIpc) is 2.99. The first-order valence-electron chi connectivity index (χ1n) is 5.45. The normalized spacial score (nSPS) is 10.6. The molecule has 2 aromatic rings. The lowest BCUT2D eigenvalue weighted by atomic mass is 10.3. The van der Waals surface area contributed by atoms with Crippen LogP contribution in [0.5, 0.6) is 0 Å². The van der Waals surface area contributed by atoms with Crippen LogP contribution >= 0.6 is 0 Å². The molecule has 2 rings (SSSR count). The van der Waals surface area contributed by atoms with Crippen molar-refractivity contribution < 1.29 is 14.1 Å². The molecule has 0 spiro atoms. The number of nitrogens with two attached hydrogens (primary N) is 1. The zero-order chi connectivity index (χ0) is 13.0. The highest BCUT2D eigenvalue weighted by molar-refractivity contribution is 5.88. The van der Waals surface area contributed by atoms with Gasteiger partial charge in [-0.2, -0.15) is 0 Å². The van der Waals surface area contributed by atoms with Crippen molar-refractivity contribution >= 4 is 5.97 Å². The Kier molecular flexibility index (Phi) is 3.68. The summed E-state index contributed by atoms with van der Waals surface area (Å²) in [5.74, 6) is 0.0757. The second-order valence-corrected chi connectivity index (χ2v) is 3.45. The van der Waals surface area contributed by atoms with E-state index < -0.39 is 5.97 Å².